The van der Waals surface area contributed by atoms with Crippen LogP contribution in [0.3, 0.4) is 0 Å². The Balaban J connectivity index is 1.90. The minimum absolute atomic E-state index is 0.229. The zero-order valence-corrected chi connectivity index (χ0v) is 9.14. The SMILES string of the molecule is Nc1ncc2[nH]c(NC3=CCCC=C3)nc2n1. The van der Waals surface area contributed by atoms with Gasteiger partial charge in [-0.05, 0) is 18.9 Å². The molecular formula is C11H12N6. The van der Waals surface area contributed by atoms with E-state index in [4.69, 9.17) is 5.73 Å². The van der Waals surface area contributed by atoms with Crippen LogP contribution in [-0.2, 0) is 0 Å². The van der Waals surface area contributed by atoms with E-state index in [0.717, 1.165) is 24.1 Å². The summed E-state index contributed by atoms with van der Waals surface area (Å²) in [7, 11) is 0. The van der Waals surface area contributed by atoms with E-state index in [1.54, 1.807) is 6.20 Å². The van der Waals surface area contributed by atoms with Crippen LogP contribution < -0.4 is 11.1 Å². The summed E-state index contributed by atoms with van der Waals surface area (Å²) in [6, 6.07) is 0. The Hall–Kier alpha value is -2.37. The zero-order chi connectivity index (χ0) is 11.7. The fraction of sp³-hybridized carbons (Fsp3) is 0.182. The Labute approximate surface area is 97.7 Å². The number of allylic oxidation sites excluding steroid dienone is 3. The van der Waals surface area contributed by atoms with Crippen LogP contribution in [0, 0.1) is 0 Å². The lowest BCUT2D eigenvalue weighted by Gasteiger charge is -2.06. The molecule has 2 aromatic rings. The Morgan fingerprint density at radius 1 is 1.29 bits per heavy atom. The van der Waals surface area contributed by atoms with Gasteiger partial charge in [0.25, 0.3) is 0 Å². The summed E-state index contributed by atoms with van der Waals surface area (Å²) in [4.78, 5) is 15.3. The highest BCUT2D eigenvalue weighted by atomic mass is 15.2. The maximum absolute atomic E-state index is 5.50. The van der Waals surface area contributed by atoms with Crippen LogP contribution in [0.4, 0.5) is 11.9 Å². The summed E-state index contributed by atoms with van der Waals surface area (Å²) in [5.74, 6) is 0.880. The highest BCUT2D eigenvalue weighted by Gasteiger charge is 2.06. The third kappa shape index (κ3) is 1.96. The first-order chi connectivity index (χ1) is 8.31. The van der Waals surface area contributed by atoms with Crippen molar-refractivity contribution in [3.8, 4) is 0 Å². The van der Waals surface area contributed by atoms with Crippen molar-refractivity contribution in [2.75, 3.05) is 11.1 Å². The molecule has 0 atom stereocenters. The third-order valence-corrected chi connectivity index (χ3v) is 2.52. The van der Waals surface area contributed by atoms with Crippen LogP contribution in [0.2, 0.25) is 0 Å². The predicted octanol–water partition coefficient (Wildman–Crippen LogP) is 1.58. The fourth-order valence-corrected chi connectivity index (χ4v) is 1.72. The van der Waals surface area contributed by atoms with Gasteiger partial charge in [-0.15, -0.1) is 0 Å². The molecule has 0 aromatic carbocycles. The van der Waals surface area contributed by atoms with Crippen molar-refractivity contribution in [2.45, 2.75) is 12.8 Å². The maximum Gasteiger partial charge on any atom is 0.222 e. The molecule has 4 N–H and O–H groups in total. The lowest BCUT2D eigenvalue weighted by atomic mass is 10.1. The number of nitrogens with two attached hydrogens (primary N) is 1. The molecule has 86 valence electrons. The smallest absolute Gasteiger partial charge is 0.222 e. The van der Waals surface area contributed by atoms with Gasteiger partial charge in [-0.1, -0.05) is 12.2 Å². The van der Waals surface area contributed by atoms with Crippen LogP contribution in [0.15, 0.2) is 30.1 Å². The minimum atomic E-state index is 0.229. The van der Waals surface area contributed by atoms with Gasteiger partial charge >= 0.3 is 0 Å². The third-order valence-electron chi connectivity index (χ3n) is 2.52. The monoisotopic (exact) mass is 228 g/mol. The van der Waals surface area contributed by atoms with E-state index in [1.807, 2.05) is 6.08 Å². The highest BCUT2D eigenvalue weighted by Crippen LogP contribution is 2.15. The molecule has 17 heavy (non-hydrogen) atoms. The Kier molecular flexibility index (Phi) is 2.25. The van der Waals surface area contributed by atoms with Gasteiger partial charge in [0, 0.05) is 5.70 Å². The molecule has 0 unspecified atom stereocenters. The van der Waals surface area contributed by atoms with Crippen LogP contribution in [-0.4, -0.2) is 19.9 Å². The quantitative estimate of drug-likeness (QED) is 0.725. The molecule has 6 nitrogen and oxygen atoms in total. The van der Waals surface area contributed by atoms with E-state index in [-0.39, 0.29) is 5.95 Å². The Morgan fingerprint density at radius 3 is 3.06 bits per heavy atom. The first kappa shape index (κ1) is 9.83. The molecule has 2 aromatic heterocycles. The van der Waals surface area contributed by atoms with E-state index in [0.29, 0.717) is 11.6 Å². The number of nitrogens with zero attached hydrogens (tertiary/aromatic N) is 3. The fourth-order valence-electron chi connectivity index (χ4n) is 1.72. The lowest BCUT2D eigenvalue weighted by Crippen LogP contribution is -2.00. The molecule has 0 amide bonds. The second-order valence-corrected chi connectivity index (χ2v) is 3.82. The summed E-state index contributed by atoms with van der Waals surface area (Å²) < 4.78 is 0. The number of nitrogen functional groups attached to an aromatic ring is 1. The van der Waals surface area contributed by atoms with Gasteiger partial charge in [-0.25, -0.2) is 4.98 Å². The van der Waals surface area contributed by atoms with E-state index in [9.17, 15) is 0 Å². The Morgan fingerprint density at radius 2 is 2.24 bits per heavy atom. The van der Waals surface area contributed by atoms with Gasteiger partial charge in [0.1, 0.15) is 5.52 Å². The summed E-state index contributed by atoms with van der Waals surface area (Å²) in [5, 5.41) is 3.19. The van der Waals surface area contributed by atoms with Crippen molar-refractivity contribution in [1.29, 1.82) is 0 Å². The van der Waals surface area contributed by atoms with Gasteiger partial charge in [0.05, 0.1) is 6.20 Å². The van der Waals surface area contributed by atoms with Gasteiger partial charge in [0.2, 0.25) is 11.9 Å². The van der Waals surface area contributed by atoms with E-state index in [1.165, 1.54) is 0 Å². The number of fused-ring (bicyclic) bond motifs is 1. The summed E-state index contributed by atoms with van der Waals surface area (Å²) >= 11 is 0. The normalized spacial score (nSPS) is 14.9. The van der Waals surface area contributed by atoms with Gasteiger partial charge < -0.3 is 16.0 Å². The van der Waals surface area contributed by atoms with Gasteiger partial charge in [-0.2, -0.15) is 9.97 Å². The largest absolute Gasteiger partial charge is 0.368 e. The Bertz CT molecular complexity index is 609. The second-order valence-electron chi connectivity index (χ2n) is 3.82. The average Bonchev–Trinajstić information content (AvgIpc) is 2.71. The van der Waals surface area contributed by atoms with E-state index >= 15 is 0 Å². The summed E-state index contributed by atoms with van der Waals surface area (Å²) in [5.41, 5.74) is 7.87. The summed E-state index contributed by atoms with van der Waals surface area (Å²) in [6.07, 6.45) is 10.1. The number of hydrogen-bond donors (Lipinski definition) is 3. The molecule has 0 bridgehead atoms. The van der Waals surface area contributed by atoms with E-state index < -0.39 is 0 Å². The molecular weight excluding hydrogens is 216 g/mol. The molecule has 3 rings (SSSR count). The highest BCUT2D eigenvalue weighted by molar-refractivity contribution is 5.73. The number of H-pyrrole nitrogens is 1. The van der Waals surface area contributed by atoms with Gasteiger partial charge in [0.15, 0.2) is 5.65 Å². The number of aromatic amines is 1. The number of anilines is 2. The molecule has 1 aliphatic rings. The van der Waals surface area contributed by atoms with Crippen molar-refractivity contribution in [3.05, 3.63) is 30.1 Å². The first-order valence-electron chi connectivity index (χ1n) is 5.43. The predicted molar refractivity (Wildman–Crippen MR) is 66.2 cm³/mol. The van der Waals surface area contributed by atoms with Crippen molar-refractivity contribution >= 4 is 23.1 Å². The number of hydrogen-bond acceptors (Lipinski definition) is 5. The van der Waals surface area contributed by atoms with Gasteiger partial charge in [-0.3, -0.25) is 0 Å². The molecule has 0 saturated heterocycles. The first-order valence-corrected chi connectivity index (χ1v) is 5.43. The number of nitrogens with one attached hydrogen (secondary N) is 2. The number of imidazole rings is 1. The molecule has 0 fully saturated rings. The molecule has 0 aliphatic heterocycles. The average molecular weight is 228 g/mol. The van der Waals surface area contributed by atoms with Crippen LogP contribution >= 0.6 is 0 Å². The van der Waals surface area contributed by atoms with Crippen molar-refractivity contribution in [2.24, 2.45) is 0 Å². The molecule has 0 spiro atoms. The van der Waals surface area contributed by atoms with Crippen LogP contribution in [0.25, 0.3) is 11.2 Å². The second kappa shape index (κ2) is 3.89. The van der Waals surface area contributed by atoms with Crippen molar-refractivity contribution < 1.29 is 0 Å². The molecule has 0 radical (unpaired) electrons. The lowest BCUT2D eigenvalue weighted by molar-refractivity contribution is 1.01. The van der Waals surface area contributed by atoms with Crippen LogP contribution in [0.5, 0.6) is 0 Å². The van der Waals surface area contributed by atoms with Crippen molar-refractivity contribution in [3.63, 3.8) is 0 Å². The van der Waals surface area contributed by atoms with E-state index in [2.05, 4.69) is 37.4 Å². The van der Waals surface area contributed by atoms with Crippen molar-refractivity contribution in [1.82, 2.24) is 19.9 Å². The van der Waals surface area contributed by atoms with Crippen LogP contribution in [0.1, 0.15) is 12.8 Å². The molecule has 6 heteroatoms. The minimum Gasteiger partial charge on any atom is -0.368 e. The topological polar surface area (TPSA) is 92.5 Å². The standard InChI is InChI=1S/C11H12N6/c12-10-13-6-8-9(16-10)17-11(15-8)14-7-4-2-1-3-5-7/h2,4-6H,1,3H2,(H4,12,13,14,15,16,17). The number of aromatic nitrogens is 4. The maximum atomic E-state index is 5.50. The zero-order valence-electron chi connectivity index (χ0n) is 9.14. The number of rotatable bonds is 2. The molecule has 2 heterocycles. The molecule has 0 saturated carbocycles. The molecule has 1 aliphatic carbocycles. The summed E-state index contributed by atoms with van der Waals surface area (Å²) in [6.45, 7) is 0.